The highest BCUT2D eigenvalue weighted by Crippen LogP contribution is 2.46. The minimum atomic E-state index is 0.137. The summed E-state index contributed by atoms with van der Waals surface area (Å²) in [4.78, 5) is 1.78. The molecule has 1 aromatic rings. The van der Waals surface area contributed by atoms with Gasteiger partial charge in [0.05, 0.1) is 10.4 Å². The summed E-state index contributed by atoms with van der Waals surface area (Å²) in [6, 6.07) is 2.11. The molecular weight excluding hydrogens is 340 g/mol. The summed E-state index contributed by atoms with van der Waals surface area (Å²) in [5, 5.41) is 2.12. The minimum absolute atomic E-state index is 0.137. The van der Waals surface area contributed by atoms with Crippen LogP contribution in [0.25, 0.3) is 0 Å². The van der Waals surface area contributed by atoms with Crippen molar-refractivity contribution in [2.45, 2.75) is 36.1 Å². The standard InChI is InChI=1S/C11H14Br2OS/c1-14-11(4-2-5-11)7-9(13)10-8(12)3-6-15-10/h3,6,9H,2,4-5,7H2,1H3. The van der Waals surface area contributed by atoms with Crippen molar-refractivity contribution < 1.29 is 4.74 Å². The Bertz CT molecular complexity index is 328. The molecule has 1 aromatic heterocycles. The van der Waals surface area contributed by atoms with Gasteiger partial charge in [0.1, 0.15) is 0 Å². The van der Waals surface area contributed by atoms with Gasteiger partial charge in [-0.05, 0) is 53.1 Å². The molecule has 0 aromatic carbocycles. The second kappa shape index (κ2) is 4.86. The average Bonchev–Trinajstić information content (AvgIpc) is 2.58. The van der Waals surface area contributed by atoms with Crippen LogP contribution in [0.4, 0.5) is 0 Å². The molecule has 4 heteroatoms. The third kappa shape index (κ3) is 2.48. The molecular formula is C11H14Br2OS. The lowest BCUT2D eigenvalue weighted by molar-refractivity contribution is -0.0772. The summed E-state index contributed by atoms with van der Waals surface area (Å²) in [5.41, 5.74) is 0.137. The Labute approximate surface area is 111 Å². The van der Waals surface area contributed by atoms with Crippen molar-refractivity contribution in [2.24, 2.45) is 0 Å². The molecule has 1 fully saturated rings. The Morgan fingerprint density at radius 1 is 1.60 bits per heavy atom. The number of thiophene rings is 1. The lowest BCUT2D eigenvalue weighted by Gasteiger charge is -2.41. The maximum absolute atomic E-state index is 5.64. The van der Waals surface area contributed by atoms with Crippen molar-refractivity contribution in [3.63, 3.8) is 0 Å². The predicted molar refractivity (Wildman–Crippen MR) is 71.9 cm³/mol. The number of halogens is 2. The molecule has 1 heterocycles. The SMILES string of the molecule is COC1(CC(Br)c2sccc2Br)CCC1. The number of alkyl halides is 1. The molecule has 84 valence electrons. The van der Waals surface area contributed by atoms with Crippen LogP contribution in [0.5, 0.6) is 0 Å². The van der Waals surface area contributed by atoms with Crippen molar-refractivity contribution in [1.29, 1.82) is 0 Å². The van der Waals surface area contributed by atoms with Crippen LogP contribution in [-0.2, 0) is 4.74 Å². The van der Waals surface area contributed by atoms with E-state index in [0.717, 1.165) is 6.42 Å². The van der Waals surface area contributed by atoms with Crippen LogP contribution < -0.4 is 0 Å². The van der Waals surface area contributed by atoms with Crippen molar-refractivity contribution in [3.8, 4) is 0 Å². The normalized spacial score (nSPS) is 21.0. The fourth-order valence-corrected chi connectivity index (χ4v) is 5.10. The summed E-state index contributed by atoms with van der Waals surface area (Å²) >= 11 is 9.14. The third-order valence-electron chi connectivity index (χ3n) is 3.18. The lowest BCUT2D eigenvalue weighted by atomic mass is 9.76. The zero-order valence-corrected chi connectivity index (χ0v) is 12.6. The van der Waals surface area contributed by atoms with E-state index in [2.05, 4.69) is 43.3 Å². The van der Waals surface area contributed by atoms with E-state index in [0.29, 0.717) is 4.83 Å². The molecule has 1 unspecified atom stereocenters. The first-order valence-electron chi connectivity index (χ1n) is 5.09. The van der Waals surface area contributed by atoms with Gasteiger partial charge >= 0.3 is 0 Å². The highest BCUT2D eigenvalue weighted by Gasteiger charge is 2.39. The molecule has 1 saturated carbocycles. The van der Waals surface area contributed by atoms with Gasteiger partial charge in [0.2, 0.25) is 0 Å². The molecule has 0 amide bonds. The van der Waals surface area contributed by atoms with E-state index in [1.807, 2.05) is 7.11 Å². The molecule has 1 atom stereocenters. The van der Waals surface area contributed by atoms with Gasteiger partial charge < -0.3 is 4.74 Å². The van der Waals surface area contributed by atoms with Gasteiger partial charge in [0, 0.05) is 16.5 Å². The monoisotopic (exact) mass is 352 g/mol. The van der Waals surface area contributed by atoms with Gasteiger partial charge in [0.25, 0.3) is 0 Å². The highest BCUT2D eigenvalue weighted by atomic mass is 79.9. The van der Waals surface area contributed by atoms with Gasteiger partial charge in [0.15, 0.2) is 0 Å². The average molecular weight is 354 g/mol. The Hall–Kier alpha value is 0.620. The number of rotatable bonds is 4. The zero-order chi connectivity index (χ0) is 10.9. The van der Waals surface area contributed by atoms with Crippen molar-refractivity contribution in [1.82, 2.24) is 0 Å². The maximum atomic E-state index is 5.64. The van der Waals surface area contributed by atoms with E-state index in [4.69, 9.17) is 4.74 Å². The van der Waals surface area contributed by atoms with E-state index in [-0.39, 0.29) is 5.60 Å². The van der Waals surface area contributed by atoms with E-state index < -0.39 is 0 Å². The van der Waals surface area contributed by atoms with Crippen LogP contribution in [0.3, 0.4) is 0 Å². The Balaban J connectivity index is 2.03. The first kappa shape index (κ1) is 12.1. The summed E-state index contributed by atoms with van der Waals surface area (Å²) in [6.45, 7) is 0. The molecule has 2 rings (SSSR count). The van der Waals surface area contributed by atoms with Gasteiger partial charge in [-0.2, -0.15) is 0 Å². The highest BCUT2D eigenvalue weighted by molar-refractivity contribution is 9.11. The largest absolute Gasteiger partial charge is 0.378 e. The van der Waals surface area contributed by atoms with Gasteiger partial charge in [-0.3, -0.25) is 0 Å². The maximum Gasteiger partial charge on any atom is 0.0693 e. The van der Waals surface area contributed by atoms with Crippen LogP contribution in [-0.4, -0.2) is 12.7 Å². The summed E-state index contributed by atoms with van der Waals surface area (Å²) in [5.74, 6) is 0. The molecule has 1 aliphatic rings. The Morgan fingerprint density at radius 2 is 2.33 bits per heavy atom. The molecule has 0 radical (unpaired) electrons. The van der Waals surface area contributed by atoms with Crippen LogP contribution in [0.15, 0.2) is 15.9 Å². The van der Waals surface area contributed by atoms with Gasteiger partial charge in [-0.25, -0.2) is 0 Å². The lowest BCUT2D eigenvalue weighted by Crippen LogP contribution is -2.39. The second-order valence-electron chi connectivity index (χ2n) is 4.05. The second-order valence-corrected chi connectivity index (χ2v) is 6.95. The fourth-order valence-electron chi connectivity index (χ4n) is 2.01. The quantitative estimate of drug-likeness (QED) is 0.699. The summed E-state index contributed by atoms with van der Waals surface area (Å²) in [6.07, 6.45) is 4.78. The Kier molecular flexibility index (Phi) is 3.92. The Morgan fingerprint density at radius 3 is 2.73 bits per heavy atom. The number of hydrogen-bond donors (Lipinski definition) is 0. The van der Waals surface area contributed by atoms with Gasteiger partial charge in [-0.1, -0.05) is 15.9 Å². The molecule has 0 aliphatic heterocycles. The molecule has 0 bridgehead atoms. The van der Waals surface area contributed by atoms with E-state index in [9.17, 15) is 0 Å². The first-order valence-corrected chi connectivity index (χ1v) is 7.68. The first-order chi connectivity index (χ1) is 7.17. The number of hydrogen-bond acceptors (Lipinski definition) is 2. The van der Waals surface area contributed by atoms with Crippen molar-refractivity contribution >= 4 is 43.2 Å². The fraction of sp³-hybridized carbons (Fsp3) is 0.636. The van der Waals surface area contributed by atoms with Crippen LogP contribution >= 0.6 is 43.2 Å². The summed E-state index contributed by atoms with van der Waals surface area (Å²) in [7, 11) is 1.84. The van der Waals surface area contributed by atoms with Crippen LogP contribution in [0.1, 0.15) is 35.4 Å². The number of methoxy groups -OCH3 is 1. The van der Waals surface area contributed by atoms with Crippen LogP contribution in [0.2, 0.25) is 0 Å². The zero-order valence-electron chi connectivity index (χ0n) is 8.63. The topological polar surface area (TPSA) is 9.23 Å². The smallest absolute Gasteiger partial charge is 0.0693 e. The van der Waals surface area contributed by atoms with E-state index in [1.54, 1.807) is 11.3 Å². The third-order valence-corrected chi connectivity index (χ3v) is 6.25. The van der Waals surface area contributed by atoms with Crippen LogP contribution in [0, 0.1) is 0 Å². The molecule has 0 N–H and O–H groups in total. The van der Waals surface area contributed by atoms with Crippen molar-refractivity contribution in [2.75, 3.05) is 7.11 Å². The van der Waals surface area contributed by atoms with Gasteiger partial charge in [-0.15, -0.1) is 11.3 Å². The predicted octanol–water partition coefficient (Wildman–Crippen LogP) is 4.91. The van der Waals surface area contributed by atoms with Crippen molar-refractivity contribution in [3.05, 3.63) is 20.8 Å². The molecule has 0 spiro atoms. The van der Waals surface area contributed by atoms with E-state index >= 15 is 0 Å². The van der Waals surface area contributed by atoms with E-state index in [1.165, 1.54) is 28.6 Å². The minimum Gasteiger partial charge on any atom is -0.378 e. The molecule has 0 saturated heterocycles. The number of ether oxygens (including phenoxy) is 1. The summed E-state index contributed by atoms with van der Waals surface area (Å²) < 4.78 is 6.85. The molecule has 15 heavy (non-hydrogen) atoms. The molecule has 1 nitrogen and oxygen atoms in total. The molecule has 1 aliphatic carbocycles.